The fourth-order valence-electron chi connectivity index (χ4n) is 2.21. The molecule has 6 heteroatoms. The summed E-state index contributed by atoms with van der Waals surface area (Å²) in [6.07, 6.45) is 3.19. The van der Waals surface area contributed by atoms with Crippen molar-refractivity contribution in [1.29, 1.82) is 0 Å². The van der Waals surface area contributed by atoms with Crippen LogP contribution in [0.4, 0.5) is 0 Å². The van der Waals surface area contributed by atoms with Gasteiger partial charge in [-0.3, -0.25) is 9.59 Å². The molecule has 1 unspecified atom stereocenters. The third-order valence-corrected chi connectivity index (χ3v) is 4.57. The van der Waals surface area contributed by atoms with Crippen molar-refractivity contribution in [2.45, 2.75) is 46.2 Å². The number of nitrogens with one attached hydrogen (secondary N) is 1. The minimum Gasteiger partial charge on any atom is -0.344 e. The molecule has 1 saturated heterocycles. The van der Waals surface area contributed by atoms with Crippen LogP contribution in [0.25, 0.3) is 0 Å². The molecule has 1 aliphatic heterocycles. The summed E-state index contributed by atoms with van der Waals surface area (Å²) in [5.41, 5.74) is 0. The third-order valence-electron chi connectivity index (χ3n) is 3.45. The van der Waals surface area contributed by atoms with Crippen molar-refractivity contribution in [1.82, 2.24) is 15.2 Å². The summed E-state index contributed by atoms with van der Waals surface area (Å²) in [4.78, 5) is 31.5. The van der Waals surface area contributed by atoms with Crippen molar-refractivity contribution in [3.05, 3.63) is 16.1 Å². The smallest absolute Gasteiger partial charge is 0.245 e. The van der Waals surface area contributed by atoms with E-state index in [4.69, 9.17) is 0 Å². The van der Waals surface area contributed by atoms with Gasteiger partial charge >= 0.3 is 0 Å². The lowest BCUT2D eigenvalue weighted by Gasteiger charge is -2.25. The zero-order chi connectivity index (χ0) is 14.7. The molecule has 1 N–H and O–H groups in total. The van der Waals surface area contributed by atoms with E-state index in [1.165, 1.54) is 4.88 Å². The van der Waals surface area contributed by atoms with Crippen LogP contribution < -0.4 is 5.32 Å². The fourth-order valence-corrected chi connectivity index (χ4v) is 3.09. The molecule has 2 rings (SSSR count). The van der Waals surface area contributed by atoms with Crippen LogP contribution in [-0.2, 0) is 22.6 Å². The Hall–Kier alpha value is -1.43. The molecule has 0 aromatic carbocycles. The molecular weight excluding hydrogens is 274 g/mol. The molecule has 0 aliphatic carbocycles. The summed E-state index contributed by atoms with van der Waals surface area (Å²) in [7, 11) is 0. The summed E-state index contributed by atoms with van der Waals surface area (Å²) in [5, 5.41) is 3.75. The average molecular weight is 295 g/mol. The molecule has 0 bridgehead atoms. The van der Waals surface area contributed by atoms with E-state index in [-0.39, 0.29) is 17.7 Å². The van der Waals surface area contributed by atoms with Gasteiger partial charge in [0.25, 0.3) is 0 Å². The maximum absolute atomic E-state index is 12.5. The molecule has 2 amide bonds. The van der Waals surface area contributed by atoms with E-state index in [0.717, 1.165) is 11.4 Å². The number of carbonyl (C=O) groups excluding carboxylic acids is 2. The van der Waals surface area contributed by atoms with E-state index in [1.807, 2.05) is 20.0 Å². The Kier molecular flexibility index (Phi) is 4.75. The molecule has 20 heavy (non-hydrogen) atoms. The Morgan fingerprint density at radius 1 is 1.50 bits per heavy atom. The molecular formula is C14H21N3O2S. The van der Waals surface area contributed by atoms with E-state index in [2.05, 4.69) is 17.2 Å². The van der Waals surface area contributed by atoms with Gasteiger partial charge in [-0.05, 0) is 12.3 Å². The standard InChI is InChI=1S/C14H21N3O2S/c1-4-10-7-15-12(20-10)8-17-6-5-11(18)16-13(9(2)3)14(17)19/h7,9,13H,4-6,8H2,1-3H3,(H,16,18). The highest BCUT2D eigenvalue weighted by molar-refractivity contribution is 7.11. The lowest BCUT2D eigenvalue weighted by molar-refractivity contribution is -0.135. The van der Waals surface area contributed by atoms with Crippen molar-refractivity contribution in [2.24, 2.45) is 5.92 Å². The number of rotatable bonds is 4. The van der Waals surface area contributed by atoms with Crippen molar-refractivity contribution >= 4 is 23.2 Å². The zero-order valence-electron chi connectivity index (χ0n) is 12.2. The van der Waals surface area contributed by atoms with Gasteiger partial charge in [-0.15, -0.1) is 11.3 Å². The first-order valence-electron chi connectivity index (χ1n) is 7.03. The first-order chi connectivity index (χ1) is 9.51. The highest BCUT2D eigenvalue weighted by Crippen LogP contribution is 2.18. The Balaban J connectivity index is 2.12. The van der Waals surface area contributed by atoms with Crippen LogP contribution in [0.2, 0.25) is 0 Å². The number of thiazole rings is 1. The maximum Gasteiger partial charge on any atom is 0.245 e. The summed E-state index contributed by atoms with van der Waals surface area (Å²) < 4.78 is 0. The Morgan fingerprint density at radius 3 is 2.85 bits per heavy atom. The van der Waals surface area contributed by atoms with Gasteiger partial charge in [0.15, 0.2) is 0 Å². The van der Waals surface area contributed by atoms with Crippen LogP contribution in [0.5, 0.6) is 0 Å². The van der Waals surface area contributed by atoms with Crippen LogP contribution in [0.3, 0.4) is 0 Å². The quantitative estimate of drug-likeness (QED) is 0.917. The van der Waals surface area contributed by atoms with Gasteiger partial charge in [0, 0.05) is 24.0 Å². The predicted octanol–water partition coefficient (Wildman–Crippen LogP) is 1.58. The van der Waals surface area contributed by atoms with Crippen LogP contribution >= 0.6 is 11.3 Å². The molecule has 0 saturated carbocycles. The number of hydrogen-bond donors (Lipinski definition) is 1. The number of carbonyl (C=O) groups is 2. The minimum absolute atomic E-state index is 0.000835. The number of aromatic nitrogens is 1. The molecule has 1 aromatic heterocycles. The molecule has 5 nitrogen and oxygen atoms in total. The van der Waals surface area contributed by atoms with E-state index >= 15 is 0 Å². The van der Waals surface area contributed by atoms with Crippen molar-refractivity contribution in [3.63, 3.8) is 0 Å². The minimum atomic E-state index is -0.421. The molecule has 1 aliphatic rings. The Bertz CT molecular complexity index is 498. The maximum atomic E-state index is 12.5. The molecule has 0 radical (unpaired) electrons. The SMILES string of the molecule is CCc1cnc(CN2CCC(=O)NC(C(C)C)C2=O)s1. The van der Waals surface area contributed by atoms with Crippen LogP contribution in [0, 0.1) is 5.92 Å². The van der Waals surface area contributed by atoms with E-state index in [9.17, 15) is 9.59 Å². The van der Waals surface area contributed by atoms with E-state index in [0.29, 0.717) is 19.5 Å². The predicted molar refractivity (Wildman–Crippen MR) is 78.3 cm³/mol. The monoisotopic (exact) mass is 295 g/mol. The van der Waals surface area contributed by atoms with Gasteiger partial charge in [0.2, 0.25) is 11.8 Å². The Labute approximate surface area is 123 Å². The van der Waals surface area contributed by atoms with Crippen molar-refractivity contribution in [3.8, 4) is 0 Å². The van der Waals surface area contributed by atoms with Crippen molar-refractivity contribution < 1.29 is 9.59 Å². The van der Waals surface area contributed by atoms with E-state index in [1.54, 1.807) is 16.2 Å². The topological polar surface area (TPSA) is 62.3 Å². The van der Waals surface area contributed by atoms with Crippen LogP contribution in [0.15, 0.2) is 6.20 Å². The first-order valence-corrected chi connectivity index (χ1v) is 7.84. The second-order valence-corrected chi connectivity index (χ2v) is 6.57. The fraction of sp³-hybridized carbons (Fsp3) is 0.643. The van der Waals surface area contributed by atoms with Gasteiger partial charge in [-0.25, -0.2) is 4.98 Å². The molecule has 1 aromatic rings. The van der Waals surface area contributed by atoms with Gasteiger partial charge in [0.1, 0.15) is 11.0 Å². The summed E-state index contributed by atoms with van der Waals surface area (Å²) >= 11 is 1.64. The van der Waals surface area contributed by atoms with Crippen LogP contribution in [0.1, 0.15) is 37.1 Å². The molecule has 110 valence electrons. The number of hydrogen-bond acceptors (Lipinski definition) is 4. The summed E-state index contributed by atoms with van der Waals surface area (Å²) in [5.74, 6) is 0.0431. The zero-order valence-corrected chi connectivity index (χ0v) is 13.0. The van der Waals surface area contributed by atoms with Gasteiger partial charge in [-0.1, -0.05) is 20.8 Å². The number of aryl methyl sites for hydroxylation is 1. The first kappa shape index (κ1) is 15.0. The summed E-state index contributed by atoms with van der Waals surface area (Å²) in [6.45, 7) is 6.96. The summed E-state index contributed by atoms with van der Waals surface area (Å²) in [6, 6.07) is -0.421. The molecule has 2 heterocycles. The second-order valence-electron chi connectivity index (χ2n) is 5.37. The highest BCUT2D eigenvalue weighted by Gasteiger charge is 2.32. The molecule has 1 fully saturated rings. The lowest BCUT2D eigenvalue weighted by Crippen LogP contribution is -2.47. The third kappa shape index (κ3) is 3.36. The second kappa shape index (κ2) is 6.35. The normalized spacial score (nSPS) is 20.2. The molecule has 1 atom stereocenters. The number of amides is 2. The largest absolute Gasteiger partial charge is 0.344 e. The average Bonchev–Trinajstić information content (AvgIpc) is 2.81. The number of nitrogens with zero attached hydrogens (tertiary/aromatic N) is 2. The van der Waals surface area contributed by atoms with Gasteiger partial charge in [0.05, 0.1) is 6.54 Å². The van der Waals surface area contributed by atoms with Gasteiger partial charge in [-0.2, -0.15) is 0 Å². The Morgan fingerprint density at radius 2 is 2.25 bits per heavy atom. The molecule has 0 spiro atoms. The highest BCUT2D eigenvalue weighted by atomic mass is 32.1. The van der Waals surface area contributed by atoms with E-state index < -0.39 is 6.04 Å². The van der Waals surface area contributed by atoms with Crippen LogP contribution in [-0.4, -0.2) is 34.3 Å². The lowest BCUT2D eigenvalue weighted by atomic mass is 10.0. The van der Waals surface area contributed by atoms with Gasteiger partial charge < -0.3 is 10.2 Å². The van der Waals surface area contributed by atoms with Crippen molar-refractivity contribution in [2.75, 3.05) is 6.54 Å².